The summed E-state index contributed by atoms with van der Waals surface area (Å²) in [7, 11) is 0. The molecular weight excluding hydrogens is 263 g/mol. The number of anilines is 2. The SMILES string of the molecule is Nc1c(F)ccc(NCCC2CCCCO2)c1C(=O)O. The van der Waals surface area contributed by atoms with Crippen LogP contribution in [0.1, 0.15) is 36.0 Å². The van der Waals surface area contributed by atoms with Crippen molar-refractivity contribution in [3.8, 4) is 0 Å². The number of nitrogens with two attached hydrogens (primary N) is 1. The molecule has 0 spiro atoms. The summed E-state index contributed by atoms with van der Waals surface area (Å²) in [6.45, 7) is 1.35. The summed E-state index contributed by atoms with van der Waals surface area (Å²) in [6, 6.07) is 2.57. The number of halogens is 1. The van der Waals surface area contributed by atoms with E-state index in [4.69, 9.17) is 15.6 Å². The first-order valence-corrected chi connectivity index (χ1v) is 6.76. The lowest BCUT2D eigenvalue weighted by Gasteiger charge is -2.23. The third-order valence-electron chi connectivity index (χ3n) is 3.46. The second-order valence-electron chi connectivity index (χ2n) is 4.89. The summed E-state index contributed by atoms with van der Waals surface area (Å²) < 4.78 is 18.9. The van der Waals surface area contributed by atoms with Crippen molar-refractivity contribution in [1.29, 1.82) is 0 Å². The van der Waals surface area contributed by atoms with E-state index >= 15 is 0 Å². The fraction of sp³-hybridized carbons (Fsp3) is 0.500. The Kier molecular flexibility index (Phi) is 4.79. The lowest BCUT2D eigenvalue weighted by atomic mass is 10.1. The van der Waals surface area contributed by atoms with Gasteiger partial charge < -0.3 is 20.9 Å². The average Bonchev–Trinajstić information content (AvgIpc) is 2.43. The fourth-order valence-electron chi connectivity index (χ4n) is 2.37. The minimum absolute atomic E-state index is 0.210. The van der Waals surface area contributed by atoms with E-state index in [1.54, 1.807) is 0 Å². The first-order chi connectivity index (χ1) is 9.59. The van der Waals surface area contributed by atoms with Crippen LogP contribution in [-0.4, -0.2) is 30.3 Å². The summed E-state index contributed by atoms with van der Waals surface area (Å²) in [4.78, 5) is 11.1. The molecule has 0 aliphatic carbocycles. The van der Waals surface area contributed by atoms with Crippen LogP contribution in [0.15, 0.2) is 12.1 Å². The molecule has 1 unspecified atom stereocenters. The van der Waals surface area contributed by atoms with E-state index in [1.165, 1.54) is 12.1 Å². The molecule has 1 heterocycles. The van der Waals surface area contributed by atoms with Crippen molar-refractivity contribution in [3.05, 3.63) is 23.5 Å². The lowest BCUT2D eigenvalue weighted by molar-refractivity contribution is 0.0134. The van der Waals surface area contributed by atoms with Crippen molar-refractivity contribution >= 4 is 17.3 Å². The molecular formula is C14H19FN2O3. The van der Waals surface area contributed by atoms with Crippen molar-refractivity contribution in [3.63, 3.8) is 0 Å². The van der Waals surface area contributed by atoms with E-state index in [0.29, 0.717) is 12.2 Å². The number of ether oxygens (including phenoxy) is 1. The van der Waals surface area contributed by atoms with Crippen LogP contribution in [0, 0.1) is 5.82 Å². The van der Waals surface area contributed by atoms with Crippen molar-refractivity contribution < 1.29 is 19.0 Å². The minimum atomic E-state index is -1.24. The number of hydrogen-bond acceptors (Lipinski definition) is 4. The van der Waals surface area contributed by atoms with Gasteiger partial charge in [0.2, 0.25) is 0 Å². The van der Waals surface area contributed by atoms with Gasteiger partial charge in [0.1, 0.15) is 11.4 Å². The van der Waals surface area contributed by atoms with Crippen molar-refractivity contribution in [2.24, 2.45) is 0 Å². The molecule has 1 aromatic carbocycles. The van der Waals surface area contributed by atoms with Crippen LogP contribution < -0.4 is 11.1 Å². The van der Waals surface area contributed by atoms with E-state index in [1.807, 2.05) is 0 Å². The molecule has 0 aromatic heterocycles. The van der Waals surface area contributed by atoms with Crippen LogP contribution in [0.2, 0.25) is 0 Å². The predicted octanol–water partition coefficient (Wildman–Crippen LogP) is 2.48. The third-order valence-corrected chi connectivity index (χ3v) is 3.46. The molecule has 0 radical (unpaired) electrons. The predicted molar refractivity (Wildman–Crippen MR) is 74.5 cm³/mol. The first kappa shape index (κ1) is 14.6. The molecule has 0 saturated carbocycles. The van der Waals surface area contributed by atoms with E-state index in [0.717, 1.165) is 32.3 Å². The van der Waals surface area contributed by atoms with E-state index in [2.05, 4.69) is 5.32 Å². The summed E-state index contributed by atoms with van der Waals surface area (Å²) >= 11 is 0. The van der Waals surface area contributed by atoms with Gasteiger partial charge in [0.05, 0.1) is 17.5 Å². The number of rotatable bonds is 5. The zero-order chi connectivity index (χ0) is 14.5. The Bertz CT molecular complexity index is 488. The second-order valence-corrected chi connectivity index (χ2v) is 4.89. The maximum absolute atomic E-state index is 13.3. The molecule has 0 bridgehead atoms. The summed E-state index contributed by atoms with van der Waals surface area (Å²) in [5, 5.41) is 12.1. The number of benzene rings is 1. The van der Waals surface area contributed by atoms with Crippen molar-refractivity contribution in [2.45, 2.75) is 31.8 Å². The second kappa shape index (κ2) is 6.56. The molecule has 2 rings (SSSR count). The fourth-order valence-corrected chi connectivity index (χ4v) is 2.37. The minimum Gasteiger partial charge on any atom is -0.478 e. The Morgan fingerprint density at radius 2 is 2.30 bits per heavy atom. The van der Waals surface area contributed by atoms with Crippen LogP contribution in [0.4, 0.5) is 15.8 Å². The largest absolute Gasteiger partial charge is 0.478 e. The van der Waals surface area contributed by atoms with Crippen molar-refractivity contribution in [2.75, 3.05) is 24.2 Å². The topological polar surface area (TPSA) is 84.6 Å². The quantitative estimate of drug-likeness (QED) is 0.722. The standard InChI is InChI=1S/C14H19FN2O3/c15-10-4-5-11(12(13(10)16)14(18)19)17-7-6-9-3-1-2-8-20-9/h4-5,9,17H,1-3,6-8,16H2,(H,18,19). The number of aromatic carboxylic acids is 1. The zero-order valence-electron chi connectivity index (χ0n) is 11.2. The molecule has 1 saturated heterocycles. The molecule has 5 nitrogen and oxygen atoms in total. The van der Waals surface area contributed by atoms with Gasteiger partial charge in [0.25, 0.3) is 0 Å². The smallest absolute Gasteiger partial charge is 0.340 e. The van der Waals surface area contributed by atoms with E-state index < -0.39 is 11.8 Å². The molecule has 1 aliphatic heterocycles. The molecule has 1 atom stereocenters. The van der Waals surface area contributed by atoms with Gasteiger partial charge in [0.15, 0.2) is 0 Å². The number of nitrogen functional groups attached to an aromatic ring is 1. The Labute approximate surface area is 116 Å². The molecule has 1 aromatic rings. The van der Waals surface area contributed by atoms with Gasteiger partial charge >= 0.3 is 5.97 Å². The number of hydrogen-bond donors (Lipinski definition) is 3. The van der Waals surface area contributed by atoms with Gasteiger partial charge in [-0.25, -0.2) is 9.18 Å². The molecule has 20 heavy (non-hydrogen) atoms. The molecule has 1 aliphatic rings. The Morgan fingerprint density at radius 3 is 2.95 bits per heavy atom. The Balaban J connectivity index is 1.98. The first-order valence-electron chi connectivity index (χ1n) is 6.76. The van der Waals surface area contributed by atoms with Gasteiger partial charge in [0, 0.05) is 13.2 Å². The highest BCUT2D eigenvalue weighted by Crippen LogP contribution is 2.25. The molecule has 6 heteroatoms. The van der Waals surface area contributed by atoms with Gasteiger partial charge in [-0.2, -0.15) is 0 Å². The number of carboxylic acid groups (broad SMARTS) is 1. The third kappa shape index (κ3) is 3.39. The lowest BCUT2D eigenvalue weighted by Crippen LogP contribution is -2.22. The Hall–Kier alpha value is -1.82. The van der Waals surface area contributed by atoms with E-state index in [-0.39, 0.29) is 17.4 Å². The number of carbonyl (C=O) groups is 1. The highest BCUT2D eigenvalue weighted by atomic mass is 19.1. The number of nitrogens with one attached hydrogen (secondary N) is 1. The van der Waals surface area contributed by atoms with Crippen molar-refractivity contribution in [1.82, 2.24) is 0 Å². The summed E-state index contributed by atoms with van der Waals surface area (Å²) in [5.74, 6) is -1.96. The van der Waals surface area contributed by atoms with Gasteiger partial charge in [-0.3, -0.25) is 0 Å². The maximum atomic E-state index is 13.3. The Morgan fingerprint density at radius 1 is 1.50 bits per heavy atom. The highest BCUT2D eigenvalue weighted by Gasteiger charge is 2.18. The van der Waals surface area contributed by atoms with Crippen LogP contribution >= 0.6 is 0 Å². The molecule has 0 amide bonds. The van der Waals surface area contributed by atoms with Crippen LogP contribution in [0.25, 0.3) is 0 Å². The van der Waals surface area contributed by atoms with Gasteiger partial charge in [-0.15, -0.1) is 0 Å². The average molecular weight is 282 g/mol. The molecule has 4 N–H and O–H groups in total. The van der Waals surface area contributed by atoms with Crippen LogP contribution in [-0.2, 0) is 4.74 Å². The summed E-state index contributed by atoms with van der Waals surface area (Å²) in [5.41, 5.74) is 5.27. The zero-order valence-corrected chi connectivity index (χ0v) is 11.2. The van der Waals surface area contributed by atoms with Crippen LogP contribution in [0.3, 0.4) is 0 Å². The molecule has 1 fully saturated rings. The number of carboxylic acids is 1. The van der Waals surface area contributed by atoms with Gasteiger partial charge in [-0.1, -0.05) is 0 Å². The maximum Gasteiger partial charge on any atom is 0.340 e. The van der Waals surface area contributed by atoms with Gasteiger partial charge in [-0.05, 0) is 37.8 Å². The molecule has 110 valence electrons. The van der Waals surface area contributed by atoms with Crippen LogP contribution in [0.5, 0.6) is 0 Å². The summed E-state index contributed by atoms with van der Waals surface area (Å²) in [6.07, 6.45) is 4.29. The van der Waals surface area contributed by atoms with E-state index in [9.17, 15) is 9.18 Å². The monoisotopic (exact) mass is 282 g/mol. The normalized spacial score (nSPS) is 18.8. The highest BCUT2D eigenvalue weighted by molar-refractivity contribution is 6.00.